The maximum Gasteiger partial charge on any atom is 0.234 e. The monoisotopic (exact) mass is 640 g/mol. The number of anilines is 2. The van der Waals surface area contributed by atoms with Gasteiger partial charge >= 0.3 is 0 Å². The third-order valence-corrected chi connectivity index (χ3v) is 10.9. The molecule has 5 heteroatoms. The van der Waals surface area contributed by atoms with Crippen LogP contribution in [-0.2, 0) is 0 Å². The lowest BCUT2D eigenvalue weighted by Crippen LogP contribution is -2.48. The van der Waals surface area contributed by atoms with Crippen LogP contribution in [0.25, 0.3) is 45.0 Å². The first-order chi connectivity index (χ1) is 23.4. The zero-order valence-electron chi connectivity index (χ0n) is 27.3. The SMILES string of the molecule is CC12CC=CC=C1C(C)(C)N(c1nc(-c3ccc(-c4ccccc4)cc3)nc(-c3ccc(-c4ccccc4)cc3)n1)c1ccccc1S2. The van der Waals surface area contributed by atoms with E-state index in [2.05, 4.69) is 165 Å². The van der Waals surface area contributed by atoms with E-state index in [9.17, 15) is 0 Å². The van der Waals surface area contributed by atoms with Gasteiger partial charge in [0.25, 0.3) is 0 Å². The molecule has 48 heavy (non-hydrogen) atoms. The van der Waals surface area contributed by atoms with Crippen LogP contribution in [0.4, 0.5) is 11.6 Å². The molecule has 1 atom stereocenters. The van der Waals surface area contributed by atoms with E-state index in [0.29, 0.717) is 17.6 Å². The second kappa shape index (κ2) is 12.1. The molecule has 2 heterocycles. The average Bonchev–Trinajstić information content (AvgIpc) is 3.21. The maximum atomic E-state index is 5.27. The van der Waals surface area contributed by atoms with Gasteiger partial charge < -0.3 is 0 Å². The van der Waals surface area contributed by atoms with Gasteiger partial charge in [-0.25, -0.2) is 4.98 Å². The molecule has 4 nitrogen and oxygen atoms in total. The lowest BCUT2D eigenvalue weighted by molar-refractivity contribution is 0.521. The van der Waals surface area contributed by atoms with Crippen LogP contribution in [0.1, 0.15) is 27.2 Å². The van der Waals surface area contributed by atoms with Crippen LogP contribution in [0.3, 0.4) is 0 Å². The van der Waals surface area contributed by atoms with Gasteiger partial charge in [0.1, 0.15) is 0 Å². The fourth-order valence-corrected chi connectivity index (χ4v) is 8.55. The second-order valence-electron chi connectivity index (χ2n) is 13.1. The molecule has 5 aromatic carbocycles. The van der Waals surface area contributed by atoms with Crippen molar-refractivity contribution in [3.8, 4) is 45.0 Å². The number of aromatic nitrogens is 3. The molecule has 8 rings (SSSR count). The Hall–Kier alpha value is -5.26. The summed E-state index contributed by atoms with van der Waals surface area (Å²) in [5.41, 5.74) is 8.58. The van der Waals surface area contributed by atoms with Crippen molar-refractivity contribution in [1.82, 2.24) is 15.0 Å². The molecule has 2 aliphatic rings. The predicted octanol–water partition coefficient (Wildman–Crippen LogP) is 11.2. The van der Waals surface area contributed by atoms with E-state index >= 15 is 0 Å². The first-order valence-electron chi connectivity index (χ1n) is 16.4. The fourth-order valence-electron chi connectivity index (χ4n) is 7.05. The molecule has 0 amide bonds. The maximum absolute atomic E-state index is 5.27. The number of allylic oxidation sites excluding steroid dienone is 3. The van der Waals surface area contributed by atoms with Crippen molar-refractivity contribution in [2.45, 2.75) is 42.4 Å². The summed E-state index contributed by atoms with van der Waals surface area (Å²) in [5, 5.41) is 0. The standard InChI is InChI=1S/C43H36N4S/c1-42(2)38-20-12-13-29-43(38,3)48-37-19-11-10-18-36(37)47(42)41-45-39(34-25-21-32(22-26-34)30-14-6-4-7-15-30)44-40(46-41)35-27-23-33(24-28-35)31-16-8-5-9-17-31/h4-28H,29H2,1-3H3. The summed E-state index contributed by atoms with van der Waals surface area (Å²) in [6.45, 7) is 6.96. The Balaban J connectivity index is 1.30. The van der Waals surface area contributed by atoms with Gasteiger partial charge in [-0.3, -0.25) is 4.90 Å². The number of thioether (sulfide) groups is 1. The summed E-state index contributed by atoms with van der Waals surface area (Å²) in [6.07, 6.45) is 7.73. The first kappa shape index (κ1) is 30.1. The van der Waals surface area contributed by atoms with E-state index < -0.39 is 5.54 Å². The zero-order valence-corrected chi connectivity index (χ0v) is 28.2. The van der Waals surface area contributed by atoms with Gasteiger partial charge in [0.05, 0.1) is 11.2 Å². The first-order valence-corrected chi connectivity index (χ1v) is 17.2. The topological polar surface area (TPSA) is 41.9 Å². The minimum absolute atomic E-state index is 0.0949. The number of hydrogen-bond donors (Lipinski definition) is 0. The third-order valence-electron chi connectivity index (χ3n) is 9.46. The smallest absolute Gasteiger partial charge is 0.234 e. The number of benzene rings is 5. The van der Waals surface area contributed by atoms with Gasteiger partial charge in [0.15, 0.2) is 11.6 Å². The normalized spacial score (nSPS) is 18.0. The van der Waals surface area contributed by atoms with Gasteiger partial charge in [-0.1, -0.05) is 140 Å². The minimum Gasteiger partial charge on any atom is -0.300 e. The van der Waals surface area contributed by atoms with Gasteiger partial charge in [-0.15, -0.1) is 11.8 Å². The van der Waals surface area contributed by atoms with Crippen LogP contribution < -0.4 is 4.90 Å². The zero-order chi connectivity index (χ0) is 32.7. The minimum atomic E-state index is -0.427. The van der Waals surface area contributed by atoms with Crippen molar-refractivity contribution in [2.75, 3.05) is 4.90 Å². The van der Waals surface area contributed by atoms with E-state index in [1.165, 1.54) is 21.6 Å². The average molecular weight is 641 g/mol. The highest BCUT2D eigenvalue weighted by Gasteiger charge is 2.47. The summed E-state index contributed by atoms with van der Waals surface area (Å²) in [5.74, 6) is 1.92. The van der Waals surface area contributed by atoms with Crippen molar-refractivity contribution in [3.05, 3.63) is 157 Å². The van der Waals surface area contributed by atoms with Crippen LogP contribution in [0.2, 0.25) is 0 Å². The molecular formula is C43H36N4S. The van der Waals surface area contributed by atoms with E-state index in [1.54, 1.807) is 0 Å². The number of para-hydroxylation sites is 1. The molecule has 0 bridgehead atoms. The molecule has 0 saturated heterocycles. The highest BCUT2D eigenvalue weighted by atomic mass is 32.2. The Labute approximate surface area is 287 Å². The molecule has 0 radical (unpaired) electrons. The van der Waals surface area contributed by atoms with Gasteiger partial charge in [0, 0.05) is 20.8 Å². The molecular weight excluding hydrogens is 605 g/mol. The Morgan fingerprint density at radius 2 is 1.02 bits per heavy atom. The Morgan fingerprint density at radius 1 is 0.542 bits per heavy atom. The molecule has 0 N–H and O–H groups in total. The summed E-state index contributed by atoms with van der Waals surface area (Å²) in [7, 11) is 0. The number of nitrogens with zero attached hydrogens (tertiary/aromatic N) is 4. The fraction of sp³-hybridized carbons (Fsp3) is 0.140. The molecule has 1 aromatic heterocycles. The lowest BCUT2D eigenvalue weighted by Gasteiger charge is -2.44. The molecule has 1 aliphatic carbocycles. The molecule has 0 spiro atoms. The molecule has 6 aromatic rings. The highest BCUT2D eigenvalue weighted by molar-refractivity contribution is 8.01. The quantitative estimate of drug-likeness (QED) is 0.188. The Kier molecular flexibility index (Phi) is 7.57. The molecule has 234 valence electrons. The number of rotatable bonds is 5. The van der Waals surface area contributed by atoms with Crippen LogP contribution in [0.5, 0.6) is 0 Å². The van der Waals surface area contributed by atoms with Crippen molar-refractivity contribution >= 4 is 23.4 Å². The van der Waals surface area contributed by atoms with Crippen LogP contribution >= 0.6 is 11.8 Å². The van der Waals surface area contributed by atoms with E-state index in [4.69, 9.17) is 15.0 Å². The Bertz CT molecular complexity index is 2050. The second-order valence-corrected chi connectivity index (χ2v) is 14.6. The number of hydrogen-bond acceptors (Lipinski definition) is 5. The molecule has 0 fully saturated rings. The predicted molar refractivity (Wildman–Crippen MR) is 200 cm³/mol. The molecule has 1 aliphatic heterocycles. The number of fused-ring (bicyclic) bond motifs is 2. The van der Waals surface area contributed by atoms with Crippen molar-refractivity contribution < 1.29 is 0 Å². The van der Waals surface area contributed by atoms with Crippen LogP contribution in [0.15, 0.2) is 162 Å². The van der Waals surface area contributed by atoms with E-state index in [1.807, 2.05) is 23.9 Å². The molecule has 0 saturated carbocycles. The van der Waals surface area contributed by atoms with Crippen LogP contribution in [0, 0.1) is 0 Å². The van der Waals surface area contributed by atoms with Gasteiger partial charge in [0.2, 0.25) is 5.95 Å². The summed E-state index contributed by atoms with van der Waals surface area (Å²) >= 11 is 1.93. The summed E-state index contributed by atoms with van der Waals surface area (Å²) < 4.78 is -0.0949. The molecule has 1 unspecified atom stereocenters. The van der Waals surface area contributed by atoms with Crippen molar-refractivity contribution in [3.63, 3.8) is 0 Å². The largest absolute Gasteiger partial charge is 0.300 e. The Morgan fingerprint density at radius 3 is 1.58 bits per heavy atom. The van der Waals surface area contributed by atoms with Gasteiger partial charge in [-0.2, -0.15) is 9.97 Å². The van der Waals surface area contributed by atoms with E-state index in [0.717, 1.165) is 34.4 Å². The van der Waals surface area contributed by atoms with E-state index in [-0.39, 0.29) is 4.75 Å². The highest BCUT2D eigenvalue weighted by Crippen LogP contribution is 2.56. The van der Waals surface area contributed by atoms with Crippen molar-refractivity contribution in [1.29, 1.82) is 0 Å². The summed E-state index contributed by atoms with van der Waals surface area (Å²) in [4.78, 5) is 19.2. The van der Waals surface area contributed by atoms with Crippen molar-refractivity contribution in [2.24, 2.45) is 0 Å². The summed E-state index contributed by atoms with van der Waals surface area (Å²) in [6, 6.07) is 46.6. The third kappa shape index (κ3) is 5.44. The van der Waals surface area contributed by atoms with Crippen LogP contribution in [-0.4, -0.2) is 25.2 Å². The lowest BCUT2D eigenvalue weighted by atomic mass is 9.79. The van der Waals surface area contributed by atoms with Gasteiger partial charge in [-0.05, 0) is 67.2 Å².